The van der Waals surface area contributed by atoms with Gasteiger partial charge in [-0.1, -0.05) is 11.3 Å². The van der Waals surface area contributed by atoms with Crippen LogP contribution in [0.3, 0.4) is 0 Å². The Morgan fingerprint density at radius 3 is 2.72 bits per heavy atom. The van der Waals surface area contributed by atoms with E-state index in [0.29, 0.717) is 6.54 Å². The third-order valence-corrected chi connectivity index (χ3v) is 3.64. The number of benzene rings is 1. The molecule has 0 aliphatic rings. The minimum absolute atomic E-state index is 0.620. The number of methoxy groups -OCH3 is 2. The summed E-state index contributed by atoms with van der Waals surface area (Å²) in [6.45, 7) is 0.620. The van der Waals surface area contributed by atoms with Gasteiger partial charge in [0.2, 0.25) is 5.13 Å². The average molecular weight is 330 g/mol. The highest BCUT2D eigenvalue weighted by Crippen LogP contribution is 2.26. The zero-order chi connectivity index (χ0) is 13.0. The van der Waals surface area contributed by atoms with Crippen molar-refractivity contribution in [2.45, 2.75) is 6.54 Å². The van der Waals surface area contributed by atoms with E-state index in [4.69, 9.17) is 9.47 Å². The van der Waals surface area contributed by atoms with Gasteiger partial charge < -0.3 is 14.8 Å². The zero-order valence-electron chi connectivity index (χ0n) is 9.94. The molecular formula is C11H12BrN3O2S. The molecule has 2 aromatic rings. The quantitative estimate of drug-likeness (QED) is 0.913. The van der Waals surface area contributed by atoms with Crippen molar-refractivity contribution in [2.75, 3.05) is 19.5 Å². The Labute approximate surface area is 117 Å². The number of nitrogens with zero attached hydrogens (tertiary/aromatic N) is 2. The normalized spacial score (nSPS) is 10.2. The SMILES string of the molecule is COc1ccc(CNc2nnc(Br)s2)c(OC)c1. The van der Waals surface area contributed by atoms with Crippen LogP contribution in [0.2, 0.25) is 0 Å². The minimum Gasteiger partial charge on any atom is -0.497 e. The largest absolute Gasteiger partial charge is 0.497 e. The molecule has 0 bridgehead atoms. The standard InChI is InChI=1S/C11H12BrN3O2S/c1-16-8-4-3-7(9(5-8)17-2)6-13-11-15-14-10(12)18-11/h3-5H,6H2,1-2H3,(H,13,15). The summed E-state index contributed by atoms with van der Waals surface area (Å²) in [7, 11) is 3.27. The van der Waals surface area contributed by atoms with Gasteiger partial charge >= 0.3 is 0 Å². The third-order valence-electron chi connectivity index (χ3n) is 2.32. The van der Waals surface area contributed by atoms with Crippen LogP contribution < -0.4 is 14.8 Å². The Kier molecular flexibility index (Phi) is 4.38. The van der Waals surface area contributed by atoms with Crippen molar-refractivity contribution in [1.29, 1.82) is 0 Å². The number of anilines is 1. The number of nitrogens with one attached hydrogen (secondary N) is 1. The van der Waals surface area contributed by atoms with Gasteiger partial charge in [0.15, 0.2) is 3.92 Å². The highest BCUT2D eigenvalue weighted by Gasteiger charge is 2.06. The number of halogens is 1. The van der Waals surface area contributed by atoms with Crippen LogP contribution in [0.4, 0.5) is 5.13 Å². The molecule has 1 aromatic carbocycles. The molecule has 0 amide bonds. The third kappa shape index (κ3) is 3.11. The van der Waals surface area contributed by atoms with Gasteiger partial charge in [0.25, 0.3) is 0 Å². The number of hydrogen-bond acceptors (Lipinski definition) is 6. The zero-order valence-corrected chi connectivity index (χ0v) is 12.3. The second kappa shape index (κ2) is 6.01. The molecule has 1 N–H and O–H groups in total. The lowest BCUT2D eigenvalue weighted by atomic mass is 10.2. The van der Waals surface area contributed by atoms with Crippen LogP contribution in [0.25, 0.3) is 0 Å². The van der Waals surface area contributed by atoms with Gasteiger partial charge in [-0.25, -0.2) is 0 Å². The number of aromatic nitrogens is 2. The molecule has 7 heteroatoms. The summed E-state index contributed by atoms with van der Waals surface area (Å²) in [4.78, 5) is 0. The predicted octanol–water partition coefficient (Wildman–Crippen LogP) is 2.93. The molecule has 0 saturated heterocycles. The lowest BCUT2D eigenvalue weighted by molar-refractivity contribution is 0.391. The van der Waals surface area contributed by atoms with Gasteiger partial charge in [0, 0.05) is 18.2 Å². The van der Waals surface area contributed by atoms with Gasteiger partial charge in [-0.3, -0.25) is 0 Å². The topological polar surface area (TPSA) is 56.3 Å². The lowest BCUT2D eigenvalue weighted by Gasteiger charge is -2.10. The fourth-order valence-electron chi connectivity index (χ4n) is 1.45. The van der Waals surface area contributed by atoms with Gasteiger partial charge in [0.1, 0.15) is 11.5 Å². The fraction of sp³-hybridized carbons (Fsp3) is 0.273. The van der Waals surface area contributed by atoms with Crippen molar-refractivity contribution < 1.29 is 9.47 Å². The van der Waals surface area contributed by atoms with Gasteiger partial charge in [-0.15, -0.1) is 10.2 Å². The van der Waals surface area contributed by atoms with Gasteiger partial charge in [-0.05, 0) is 28.1 Å². The Bertz CT molecular complexity index is 533. The molecule has 18 heavy (non-hydrogen) atoms. The predicted molar refractivity (Wildman–Crippen MR) is 74.5 cm³/mol. The molecular weight excluding hydrogens is 318 g/mol. The smallest absolute Gasteiger partial charge is 0.206 e. The summed E-state index contributed by atoms with van der Waals surface area (Å²) in [6.07, 6.45) is 0. The molecule has 0 fully saturated rings. The first kappa shape index (κ1) is 13.1. The maximum absolute atomic E-state index is 5.32. The summed E-state index contributed by atoms with van der Waals surface area (Å²) in [6, 6.07) is 5.71. The first-order chi connectivity index (χ1) is 8.72. The average Bonchev–Trinajstić information content (AvgIpc) is 2.82. The monoisotopic (exact) mass is 329 g/mol. The van der Waals surface area contributed by atoms with E-state index in [9.17, 15) is 0 Å². The number of rotatable bonds is 5. The highest BCUT2D eigenvalue weighted by molar-refractivity contribution is 9.11. The fourth-order valence-corrected chi connectivity index (χ4v) is 2.45. The summed E-state index contributed by atoms with van der Waals surface area (Å²) in [5.41, 5.74) is 1.03. The molecule has 0 spiro atoms. The van der Waals surface area contributed by atoms with E-state index in [0.717, 1.165) is 26.1 Å². The molecule has 1 aromatic heterocycles. The van der Waals surface area contributed by atoms with Crippen LogP contribution in [0.5, 0.6) is 11.5 Å². The van der Waals surface area contributed by atoms with Gasteiger partial charge in [0.05, 0.1) is 14.2 Å². The Hall–Kier alpha value is -1.34. The Morgan fingerprint density at radius 1 is 1.28 bits per heavy atom. The van der Waals surface area contributed by atoms with Crippen LogP contribution in [0.15, 0.2) is 22.1 Å². The van der Waals surface area contributed by atoms with Crippen molar-refractivity contribution in [3.8, 4) is 11.5 Å². The molecule has 96 valence electrons. The van der Waals surface area contributed by atoms with Crippen LogP contribution >= 0.6 is 27.3 Å². The van der Waals surface area contributed by atoms with Crippen molar-refractivity contribution in [3.63, 3.8) is 0 Å². The number of ether oxygens (including phenoxy) is 2. The Balaban J connectivity index is 2.08. The summed E-state index contributed by atoms with van der Waals surface area (Å²) in [5.74, 6) is 1.56. The van der Waals surface area contributed by atoms with Crippen LogP contribution in [0, 0.1) is 0 Å². The van der Waals surface area contributed by atoms with Crippen LogP contribution in [-0.4, -0.2) is 24.4 Å². The first-order valence-electron chi connectivity index (χ1n) is 5.16. The lowest BCUT2D eigenvalue weighted by Crippen LogP contribution is -2.01. The maximum atomic E-state index is 5.32. The minimum atomic E-state index is 0.620. The summed E-state index contributed by atoms with van der Waals surface area (Å²) in [5, 5.41) is 11.8. The van der Waals surface area contributed by atoms with Crippen LogP contribution in [0.1, 0.15) is 5.56 Å². The molecule has 0 atom stereocenters. The van der Waals surface area contributed by atoms with E-state index in [1.54, 1.807) is 14.2 Å². The molecule has 0 unspecified atom stereocenters. The molecule has 1 heterocycles. The summed E-state index contributed by atoms with van der Waals surface area (Å²) < 4.78 is 11.2. The first-order valence-corrected chi connectivity index (χ1v) is 6.77. The molecule has 0 aliphatic carbocycles. The van der Waals surface area contributed by atoms with E-state index in [2.05, 4.69) is 31.4 Å². The van der Waals surface area contributed by atoms with Crippen LogP contribution in [-0.2, 0) is 6.54 Å². The van der Waals surface area contributed by atoms with Crippen molar-refractivity contribution >= 4 is 32.4 Å². The van der Waals surface area contributed by atoms with Crippen molar-refractivity contribution in [3.05, 3.63) is 27.7 Å². The molecule has 0 radical (unpaired) electrons. The molecule has 0 aliphatic heterocycles. The van der Waals surface area contributed by atoms with E-state index in [-0.39, 0.29) is 0 Å². The molecule has 0 saturated carbocycles. The maximum Gasteiger partial charge on any atom is 0.206 e. The van der Waals surface area contributed by atoms with E-state index in [1.807, 2.05) is 18.2 Å². The molecule has 2 rings (SSSR count). The highest BCUT2D eigenvalue weighted by atomic mass is 79.9. The van der Waals surface area contributed by atoms with E-state index >= 15 is 0 Å². The van der Waals surface area contributed by atoms with E-state index in [1.165, 1.54) is 11.3 Å². The Morgan fingerprint density at radius 2 is 2.11 bits per heavy atom. The second-order valence-corrected chi connectivity index (χ2v) is 5.65. The van der Waals surface area contributed by atoms with E-state index < -0.39 is 0 Å². The molecule has 5 nitrogen and oxygen atoms in total. The van der Waals surface area contributed by atoms with Crippen molar-refractivity contribution in [1.82, 2.24) is 10.2 Å². The number of hydrogen-bond donors (Lipinski definition) is 1. The van der Waals surface area contributed by atoms with Crippen molar-refractivity contribution in [2.24, 2.45) is 0 Å². The second-order valence-electron chi connectivity index (χ2n) is 3.39. The van der Waals surface area contributed by atoms with Gasteiger partial charge in [-0.2, -0.15) is 0 Å². The summed E-state index contributed by atoms with van der Waals surface area (Å²) >= 11 is 4.71.